The molecule has 3 heteroatoms. The molecule has 0 saturated carbocycles. The first-order valence-corrected chi connectivity index (χ1v) is 6.05. The molecular formula is C15H15N3. The molecule has 2 aromatic carbocycles. The Hall–Kier alpha value is -2.29. The molecule has 0 saturated heterocycles. The van der Waals surface area contributed by atoms with Crippen LogP contribution in [0.2, 0.25) is 0 Å². The quantitative estimate of drug-likeness (QED) is 0.869. The van der Waals surface area contributed by atoms with Gasteiger partial charge in [-0.05, 0) is 24.6 Å². The number of nitrogens with zero attached hydrogens (tertiary/aromatic N) is 2. The Bertz CT molecular complexity index is 548. The van der Waals surface area contributed by atoms with Gasteiger partial charge >= 0.3 is 0 Å². The van der Waals surface area contributed by atoms with Gasteiger partial charge in [0.05, 0.1) is 0 Å². The minimum Gasteiger partial charge on any atom is -0.302 e. The molecule has 1 atom stereocenters. The molecule has 1 N–H and O–H groups in total. The van der Waals surface area contributed by atoms with E-state index in [9.17, 15) is 0 Å². The SMILES string of the molecule is CC1=NNC(c2ccccc2)N1c1ccccc1. The van der Waals surface area contributed by atoms with Crippen molar-refractivity contribution < 1.29 is 0 Å². The molecule has 2 aromatic rings. The summed E-state index contributed by atoms with van der Waals surface area (Å²) < 4.78 is 0. The lowest BCUT2D eigenvalue weighted by molar-refractivity contribution is 0.617. The lowest BCUT2D eigenvalue weighted by Gasteiger charge is -2.26. The molecule has 18 heavy (non-hydrogen) atoms. The van der Waals surface area contributed by atoms with Crippen LogP contribution in [0, 0.1) is 0 Å². The zero-order valence-electron chi connectivity index (χ0n) is 10.2. The van der Waals surface area contributed by atoms with E-state index in [2.05, 4.69) is 39.7 Å². The highest BCUT2D eigenvalue weighted by Crippen LogP contribution is 2.28. The number of para-hydroxylation sites is 1. The van der Waals surface area contributed by atoms with Crippen molar-refractivity contribution in [2.75, 3.05) is 4.90 Å². The van der Waals surface area contributed by atoms with Crippen LogP contribution >= 0.6 is 0 Å². The lowest BCUT2D eigenvalue weighted by atomic mass is 10.1. The number of rotatable bonds is 2. The van der Waals surface area contributed by atoms with Gasteiger partial charge in [0.25, 0.3) is 0 Å². The molecule has 1 aliphatic heterocycles. The van der Waals surface area contributed by atoms with Gasteiger partial charge in [0.2, 0.25) is 0 Å². The topological polar surface area (TPSA) is 27.6 Å². The number of hydrogen-bond donors (Lipinski definition) is 1. The molecule has 0 aliphatic carbocycles. The highest BCUT2D eigenvalue weighted by Gasteiger charge is 2.27. The van der Waals surface area contributed by atoms with Crippen molar-refractivity contribution in [3.63, 3.8) is 0 Å². The van der Waals surface area contributed by atoms with E-state index in [0.29, 0.717) is 0 Å². The fraction of sp³-hybridized carbons (Fsp3) is 0.133. The molecule has 90 valence electrons. The van der Waals surface area contributed by atoms with Crippen LogP contribution in [0.1, 0.15) is 18.7 Å². The van der Waals surface area contributed by atoms with Crippen LogP contribution in [-0.2, 0) is 0 Å². The van der Waals surface area contributed by atoms with E-state index in [4.69, 9.17) is 0 Å². The fourth-order valence-corrected chi connectivity index (χ4v) is 2.24. The highest BCUT2D eigenvalue weighted by atomic mass is 15.5. The second kappa shape index (κ2) is 4.53. The van der Waals surface area contributed by atoms with E-state index in [0.717, 1.165) is 11.5 Å². The van der Waals surface area contributed by atoms with Crippen LogP contribution in [0.25, 0.3) is 0 Å². The van der Waals surface area contributed by atoms with Crippen molar-refractivity contribution in [3.05, 3.63) is 66.2 Å². The molecule has 3 nitrogen and oxygen atoms in total. The largest absolute Gasteiger partial charge is 0.302 e. The van der Waals surface area contributed by atoms with Crippen molar-refractivity contribution in [1.82, 2.24) is 5.43 Å². The smallest absolute Gasteiger partial charge is 0.147 e. The molecule has 1 aliphatic rings. The van der Waals surface area contributed by atoms with E-state index in [-0.39, 0.29) is 6.17 Å². The van der Waals surface area contributed by atoms with Gasteiger partial charge < -0.3 is 4.90 Å². The molecule has 1 heterocycles. The molecule has 3 rings (SSSR count). The van der Waals surface area contributed by atoms with Crippen LogP contribution in [-0.4, -0.2) is 5.84 Å². The van der Waals surface area contributed by atoms with Gasteiger partial charge in [-0.2, -0.15) is 5.10 Å². The van der Waals surface area contributed by atoms with Crippen molar-refractivity contribution in [3.8, 4) is 0 Å². The van der Waals surface area contributed by atoms with E-state index < -0.39 is 0 Å². The molecule has 0 spiro atoms. The molecule has 0 bridgehead atoms. The summed E-state index contributed by atoms with van der Waals surface area (Å²) in [6.45, 7) is 2.02. The predicted octanol–water partition coefficient (Wildman–Crippen LogP) is 3.13. The third-order valence-electron chi connectivity index (χ3n) is 3.11. The first-order valence-electron chi connectivity index (χ1n) is 6.05. The summed E-state index contributed by atoms with van der Waals surface area (Å²) in [4.78, 5) is 2.20. The van der Waals surface area contributed by atoms with E-state index in [1.54, 1.807) is 0 Å². The van der Waals surface area contributed by atoms with Crippen LogP contribution in [0.15, 0.2) is 65.8 Å². The maximum Gasteiger partial charge on any atom is 0.147 e. The summed E-state index contributed by atoms with van der Waals surface area (Å²) in [5.74, 6) is 0.982. The van der Waals surface area contributed by atoms with Gasteiger partial charge in [-0.1, -0.05) is 48.5 Å². The average molecular weight is 237 g/mol. The second-order valence-corrected chi connectivity index (χ2v) is 4.31. The molecule has 0 radical (unpaired) electrons. The van der Waals surface area contributed by atoms with E-state index >= 15 is 0 Å². The highest BCUT2D eigenvalue weighted by molar-refractivity contribution is 5.97. The van der Waals surface area contributed by atoms with Crippen molar-refractivity contribution in [2.24, 2.45) is 5.10 Å². The Kier molecular flexibility index (Phi) is 2.73. The van der Waals surface area contributed by atoms with Crippen LogP contribution in [0.5, 0.6) is 0 Å². The normalized spacial score (nSPS) is 18.4. The molecule has 0 amide bonds. The molecule has 0 fully saturated rings. The van der Waals surface area contributed by atoms with Crippen LogP contribution in [0.3, 0.4) is 0 Å². The van der Waals surface area contributed by atoms with Gasteiger partial charge in [0.1, 0.15) is 12.0 Å². The first kappa shape index (κ1) is 10.8. The van der Waals surface area contributed by atoms with Crippen molar-refractivity contribution in [2.45, 2.75) is 13.1 Å². The molecule has 0 aromatic heterocycles. The van der Waals surface area contributed by atoms with Crippen LogP contribution in [0.4, 0.5) is 5.69 Å². The van der Waals surface area contributed by atoms with Crippen molar-refractivity contribution >= 4 is 11.5 Å². The Morgan fingerprint density at radius 1 is 0.944 bits per heavy atom. The summed E-state index contributed by atoms with van der Waals surface area (Å²) in [7, 11) is 0. The Balaban J connectivity index is 1.98. The summed E-state index contributed by atoms with van der Waals surface area (Å²) >= 11 is 0. The zero-order chi connectivity index (χ0) is 12.4. The summed E-state index contributed by atoms with van der Waals surface area (Å²) in [5, 5.41) is 4.34. The predicted molar refractivity (Wildman–Crippen MR) is 74.3 cm³/mol. The molecule has 1 unspecified atom stereocenters. The maximum atomic E-state index is 4.34. The molecular weight excluding hydrogens is 222 g/mol. The average Bonchev–Trinajstić information content (AvgIpc) is 2.83. The van der Waals surface area contributed by atoms with Gasteiger partial charge in [-0.25, -0.2) is 0 Å². The van der Waals surface area contributed by atoms with E-state index in [1.807, 2.05) is 43.3 Å². The lowest BCUT2D eigenvalue weighted by Crippen LogP contribution is -2.32. The fourth-order valence-electron chi connectivity index (χ4n) is 2.24. The van der Waals surface area contributed by atoms with Gasteiger partial charge in [-0.3, -0.25) is 5.43 Å². The van der Waals surface area contributed by atoms with Gasteiger partial charge in [0.15, 0.2) is 0 Å². The number of hydrogen-bond acceptors (Lipinski definition) is 3. The van der Waals surface area contributed by atoms with Gasteiger partial charge in [-0.15, -0.1) is 0 Å². The van der Waals surface area contributed by atoms with Crippen LogP contribution < -0.4 is 10.3 Å². The summed E-state index contributed by atoms with van der Waals surface area (Å²) in [6.07, 6.45) is 0.0774. The summed E-state index contributed by atoms with van der Waals surface area (Å²) in [5.41, 5.74) is 5.55. The third-order valence-corrected chi connectivity index (χ3v) is 3.11. The maximum absolute atomic E-state index is 4.34. The second-order valence-electron chi connectivity index (χ2n) is 4.31. The number of anilines is 1. The number of amidine groups is 1. The monoisotopic (exact) mass is 237 g/mol. The third kappa shape index (κ3) is 1.84. The summed E-state index contributed by atoms with van der Waals surface area (Å²) in [6, 6.07) is 20.7. The number of hydrazone groups is 1. The standard InChI is InChI=1S/C15H15N3/c1-12-16-17-15(13-8-4-2-5-9-13)18(12)14-10-6-3-7-11-14/h2-11,15,17H,1H3. The van der Waals surface area contributed by atoms with E-state index in [1.165, 1.54) is 5.56 Å². The first-order chi connectivity index (χ1) is 8.86. The van der Waals surface area contributed by atoms with Crippen molar-refractivity contribution in [1.29, 1.82) is 0 Å². The number of nitrogens with one attached hydrogen (secondary N) is 1. The zero-order valence-corrected chi connectivity index (χ0v) is 10.2. The number of benzene rings is 2. The Labute approximate surface area is 107 Å². The Morgan fingerprint density at radius 2 is 1.56 bits per heavy atom. The Morgan fingerprint density at radius 3 is 2.22 bits per heavy atom. The minimum absolute atomic E-state index is 0.0774. The minimum atomic E-state index is 0.0774. The van der Waals surface area contributed by atoms with Gasteiger partial charge in [0, 0.05) is 5.69 Å².